The van der Waals surface area contributed by atoms with E-state index in [1.807, 2.05) is 0 Å². The first-order valence-electron chi connectivity index (χ1n) is 6.32. The SMILES string of the molecule is Cn1c(SCC(=O)Nc2cccc([N+](=O)[O-])c2)nnc1C(F)(F)F. The van der Waals surface area contributed by atoms with E-state index in [2.05, 4.69) is 15.5 Å². The van der Waals surface area contributed by atoms with E-state index >= 15 is 0 Å². The van der Waals surface area contributed by atoms with Crippen molar-refractivity contribution < 1.29 is 22.9 Å². The van der Waals surface area contributed by atoms with Crippen LogP contribution >= 0.6 is 11.8 Å². The van der Waals surface area contributed by atoms with Gasteiger partial charge >= 0.3 is 6.18 Å². The fraction of sp³-hybridized carbons (Fsp3) is 0.250. The molecule has 1 heterocycles. The Bertz CT molecular complexity index is 778. The van der Waals surface area contributed by atoms with E-state index in [1.165, 1.54) is 24.3 Å². The summed E-state index contributed by atoms with van der Waals surface area (Å²) in [6, 6.07) is 5.30. The fourth-order valence-electron chi connectivity index (χ4n) is 1.71. The van der Waals surface area contributed by atoms with Crippen LogP contribution in [0, 0.1) is 10.1 Å². The summed E-state index contributed by atoms with van der Waals surface area (Å²) >= 11 is 0.765. The number of halogens is 3. The number of anilines is 1. The van der Waals surface area contributed by atoms with Crippen molar-refractivity contribution in [1.82, 2.24) is 14.8 Å². The van der Waals surface area contributed by atoms with E-state index in [1.54, 1.807) is 0 Å². The van der Waals surface area contributed by atoms with Crippen LogP contribution in [0.25, 0.3) is 0 Å². The van der Waals surface area contributed by atoms with Crippen molar-refractivity contribution in [3.05, 3.63) is 40.2 Å². The van der Waals surface area contributed by atoms with Crippen molar-refractivity contribution in [2.75, 3.05) is 11.1 Å². The van der Waals surface area contributed by atoms with Crippen LogP contribution in [0.15, 0.2) is 29.4 Å². The summed E-state index contributed by atoms with van der Waals surface area (Å²) in [4.78, 5) is 21.8. The highest BCUT2D eigenvalue weighted by atomic mass is 32.2. The first-order valence-corrected chi connectivity index (χ1v) is 7.30. The summed E-state index contributed by atoms with van der Waals surface area (Å²) in [6.07, 6.45) is -4.63. The largest absolute Gasteiger partial charge is 0.451 e. The van der Waals surface area contributed by atoms with Gasteiger partial charge in [0, 0.05) is 24.9 Å². The molecule has 1 amide bonds. The van der Waals surface area contributed by atoms with Crippen LogP contribution in [0.5, 0.6) is 0 Å². The monoisotopic (exact) mass is 361 g/mol. The predicted octanol–water partition coefficient (Wildman–Crippen LogP) is 2.47. The lowest BCUT2D eigenvalue weighted by Crippen LogP contribution is -2.15. The van der Waals surface area contributed by atoms with Crippen LogP contribution in [-0.2, 0) is 18.0 Å². The van der Waals surface area contributed by atoms with Crippen LogP contribution in [0.4, 0.5) is 24.5 Å². The van der Waals surface area contributed by atoms with Crippen LogP contribution in [0.2, 0.25) is 0 Å². The maximum atomic E-state index is 12.6. The number of carbonyl (C=O) groups is 1. The Morgan fingerprint density at radius 1 is 1.42 bits per heavy atom. The number of hydrogen-bond donors (Lipinski definition) is 1. The number of amides is 1. The quantitative estimate of drug-likeness (QED) is 0.499. The number of nitro groups is 1. The molecule has 8 nitrogen and oxygen atoms in total. The number of hydrogen-bond acceptors (Lipinski definition) is 6. The minimum Gasteiger partial charge on any atom is -0.325 e. The van der Waals surface area contributed by atoms with Gasteiger partial charge in [-0.25, -0.2) is 0 Å². The Labute approximate surface area is 137 Å². The molecule has 1 aromatic heterocycles. The highest BCUT2D eigenvalue weighted by Crippen LogP contribution is 2.29. The van der Waals surface area contributed by atoms with E-state index in [0.29, 0.717) is 0 Å². The summed E-state index contributed by atoms with van der Waals surface area (Å²) < 4.78 is 38.5. The molecule has 0 unspecified atom stereocenters. The Kier molecular flexibility index (Phi) is 5.07. The van der Waals surface area contributed by atoms with Crippen LogP contribution < -0.4 is 5.32 Å². The summed E-state index contributed by atoms with van der Waals surface area (Å²) in [7, 11) is 1.14. The third kappa shape index (κ3) is 4.22. The second-order valence-electron chi connectivity index (χ2n) is 4.51. The van der Waals surface area contributed by atoms with Gasteiger partial charge in [-0.3, -0.25) is 14.9 Å². The molecule has 24 heavy (non-hydrogen) atoms. The number of carbonyl (C=O) groups excluding carboxylic acids is 1. The molecule has 0 radical (unpaired) electrons. The Hall–Kier alpha value is -2.63. The Morgan fingerprint density at radius 3 is 2.71 bits per heavy atom. The minimum absolute atomic E-state index is 0.0727. The Balaban J connectivity index is 1.98. The topological polar surface area (TPSA) is 103 Å². The molecule has 0 aliphatic rings. The second-order valence-corrected chi connectivity index (χ2v) is 5.45. The van der Waals surface area contributed by atoms with Gasteiger partial charge in [-0.1, -0.05) is 17.8 Å². The molecule has 12 heteroatoms. The van der Waals surface area contributed by atoms with Crippen molar-refractivity contribution >= 4 is 29.0 Å². The summed E-state index contributed by atoms with van der Waals surface area (Å²) in [5.74, 6) is -1.94. The number of rotatable bonds is 5. The zero-order valence-electron chi connectivity index (χ0n) is 12.1. The maximum Gasteiger partial charge on any atom is 0.451 e. The van der Waals surface area contributed by atoms with E-state index in [4.69, 9.17) is 0 Å². The van der Waals surface area contributed by atoms with E-state index in [-0.39, 0.29) is 22.3 Å². The average Bonchev–Trinajstić information content (AvgIpc) is 2.86. The highest BCUT2D eigenvalue weighted by molar-refractivity contribution is 7.99. The van der Waals surface area contributed by atoms with Gasteiger partial charge in [-0.2, -0.15) is 13.2 Å². The Morgan fingerprint density at radius 2 is 2.12 bits per heavy atom. The van der Waals surface area contributed by atoms with Crippen molar-refractivity contribution in [2.45, 2.75) is 11.3 Å². The molecule has 0 saturated carbocycles. The van der Waals surface area contributed by atoms with Crippen LogP contribution in [0.1, 0.15) is 5.82 Å². The highest BCUT2D eigenvalue weighted by Gasteiger charge is 2.37. The van der Waals surface area contributed by atoms with Crippen molar-refractivity contribution in [2.24, 2.45) is 7.05 Å². The van der Waals surface area contributed by atoms with Crippen LogP contribution in [-0.4, -0.2) is 31.3 Å². The predicted molar refractivity (Wildman–Crippen MR) is 78.5 cm³/mol. The average molecular weight is 361 g/mol. The molecule has 0 spiro atoms. The summed E-state index contributed by atoms with van der Waals surface area (Å²) in [6.45, 7) is 0. The molecule has 1 N–H and O–H groups in total. The van der Waals surface area contributed by atoms with Crippen molar-refractivity contribution in [3.8, 4) is 0 Å². The molecule has 0 bridgehead atoms. The zero-order chi connectivity index (χ0) is 17.9. The van der Waals surface area contributed by atoms with Gasteiger partial charge in [0.05, 0.1) is 10.7 Å². The maximum absolute atomic E-state index is 12.6. The summed E-state index contributed by atoms with van der Waals surface area (Å²) in [5.41, 5.74) is 0.0207. The van der Waals surface area contributed by atoms with E-state index < -0.39 is 22.8 Å². The minimum atomic E-state index is -4.63. The first-order chi connectivity index (χ1) is 11.2. The van der Waals surface area contributed by atoms with Gasteiger partial charge < -0.3 is 9.88 Å². The number of non-ortho nitro benzene ring substituents is 1. The van der Waals surface area contributed by atoms with E-state index in [0.717, 1.165) is 23.4 Å². The second kappa shape index (κ2) is 6.86. The smallest absolute Gasteiger partial charge is 0.325 e. The molecule has 0 fully saturated rings. The molecular formula is C12H10F3N5O3S. The standard InChI is InChI=1S/C12H10F3N5O3S/c1-19-10(12(13,14)15)17-18-11(19)24-6-9(21)16-7-3-2-4-8(5-7)20(22)23/h2-5H,6H2,1H3,(H,16,21). The number of nitrogens with zero attached hydrogens (tertiary/aromatic N) is 4. The normalized spacial score (nSPS) is 11.3. The number of thioether (sulfide) groups is 1. The van der Waals surface area contributed by atoms with Gasteiger partial charge in [0.2, 0.25) is 11.7 Å². The van der Waals surface area contributed by atoms with Crippen LogP contribution in [0.3, 0.4) is 0 Å². The number of aromatic nitrogens is 3. The first kappa shape index (κ1) is 17.7. The number of nitrogens with one attached hydrogen (secondary N) is 1. The molecule has 2 aromatic rings. The molecule has 0 saturated heterocycles. The lowest BCUT2D eigenvalue weighted by Gasteiger charge is -2.07. The lowest BCUT2D eigenvalue weighted by molar-refractivity contribution is -0.384. The van der Waals surface area contributed by atoms with Gasteiger partial charge in [0.15, 0.2) is 5.16 Å². The number of nitro benzene ring substituents is 1. The molecule has 2 rings (SSSR count). The van der Waals surface area contributed by atoms with Gasteiger partial charge in [-0.15, -0.1) is 10.2 Å². The van der Waals surface area contributed by atoms with Crippen molar-refractivity contribution in [3.63, 3.8) is 0 Å². The number of benzene rings is 1. The number of alkyl halides is 3. The van der Waals surface area contributed by atoms with E-state index in [9.17, 15) is 28.1 Å². The summed E-state index contributed by atoms with van der Waals surface area (Å²) in [5, 5.41) is 19.4. The third-order valence-electron chi connectivity index (χ3n) is 2.76. The molecular weight excluding hydrogens is 351 g/mol. The van der Waals surface area contributed by atoms with Gasteiger partial charge in [0.1, 0.15) is 0 Å². The van der Waals surface area contributed by atoms with Gasteiger partial charge in [0.25, 0.3) is 5.69 Å². The molecule has 128 valence electrons. The molecule has 0 aliphatic heterocycles. The van der Waals surface area contributed by atoms with Crippen molar-refractivity contribution in [1.29, 1.82) is 0 Å². The third-order valence-corrected chi connectivity index (χ3v) is 3.78. The van der Waals surface area contributed by atoms with Gasteiger partial charge in [-0.05, 0) is 6.07 Å². The molecule has 1 aromatic carbocycles. The zero-order valence-corrected chi connectivity index (χ0v) is 12.9. The molecule has 0 aliphatic carbocycles. The molecule has 0 atom stereocenters. The lowest BCUT2D eigenvalue weighted by atomic mass is 10.3. The fourth-order valence-corrected chi connectivity index (χ4v) is 2.42.